The maximum absolute atomic E-state index is 10.3. The van der Waals surface area contributed by atoms with Gasteiger partial charge in [-0.3, -0.25) is 0 Å². The van der Waals surface area contributed by atoms with Gasteiger partial charge in [-0.15, -0.1) is 0 Å². The normalized spacial score (nSPS) is 30.9. The van der Waals surface area contributed by atoms with Crippen LogP contribution in [0.3, 0.4) is 0 Å². The lowest BCUT2D eigenvalue weighted by Gasteiger charge is -2.28. The Morgan fingerprint density at radius 1 is 0.938 bits per heavy atom. The lowest BCUT2D eigenvalue weighted by molar-refractivity contribution is -0.0291. The van der Waals surface area contributed by atoms with Crippen molar-refractivity contribution in [2.75, 3.05) is 6.61 Å². The fourth-order valence-electron chi connectivity index (χ4n) is 3.15. The third kappa shape index (κ3) is 3.74. The van der Waals surface area contributed by atoms with Crippen molar-refractivity contribution in [3.8, 4) is 0 Å². The highest BCUT2D eigenvalue weighted by molar-refractivity contribution is 4.76. The van der Waals surface area contributed by atoms with E-state index in [1.54, 1.807) is 0 Å². The number of ether oxygens (including phenoxy) is 1. The first-order chi connectivity index (χ1) is 7.86. The molecule has 0 bridgehead atoms. The third-order valence-electron chi connectivity index (χ3n) is 4.22. The topological polar surface area (TPSA) is 29.5 Å². The minimum absolute atomic E-state index is 0.110. The Hall–Kier alpha value is -0.0800. The summed E-state index contributed by atoms with van der Waals surface area (Å²) in [6.45, 7) is 0.905. The standard InChI is InChI=1S/C14H26O2/c15-14(11-13-9-5-6-10-16-13)12-7-3-1-2-4-8-12/h12-15H,1-11H2. The van der Waals surface area contributed by atoms with Crippen LogP contribution in [-0.4, -0.2) is 23.9 Å². The molecule has 1 saturated heterocycles. The Bertz CT molecular complexity index is 179. The minimum Gasteiger partial charge on any atom is -0.393 e. The first-order valence-corrected chi connectivity index (χ1v) is 7.16. The van der Waals surface area contributed by atoms with Gasteiger partial charge in [-0.2, -0.15) is 0 Å². The van der Waals surface area contributed by atoms with Crippen molar-refractivity contribution < 1.29 is 9.84 Å². The summed E-state index contributed by atoms with van der Waals surface area (Å²) in [5.74, 6) is 0.549. The third-order valence-corrected chi connectivity index (χ3v) is 4.22. The summed E-state index contributed by atoms with van der Waals surface area (Å²) in [4.78, 5) is 0. The van der Waals surface area contributed by atoms with Crippen LogP contribution in [0, 0.1) is 5.92 Å². The average Bonchev–Trinajstić information content (AvgIpc) is 2.59. The highest BCUT2D eigenvalue weighted by atomic mass is 16.5. The molecule has 0 aromatic rings. The van der Waals surface area contributed by atoms with Gasteiger partial charge in [0.2, 0.25) is 0 Å². The molecule has 1 aliphatic heterocycles. The smallest absolute Gasteiger partial charge is 0.0599 e. The Morgan fingerprint density at radius 3 is 2.25 bits per heavy atom. The van der Waals surface area contributed by atoms with Crippen molar-refractivity contribution in [2.45, 2.75) is 76.4 Å². The Labute approximate surface area is 99.4 Å². The zero-order valence-electron chi connectivity index (χ0n) is 10.4. The van der Waals surface area contributed by atoms with Crippen molar-refractivity contribution in [1.82, 2.24) is 0 Å². The zero-order chi connectivity index (χ0) is 11.2. The second-order valence-corrected chi connectivity index (χ2v) is 5.54. The Morgan fingerprint density at radius 2 is 1.62 bits per heavy atom. The molecule has 1 aliphatic carbocycles. The molecule has 1 saturated carbocycles. The SMILES string of the molecule is OC(CC1CCCCO1)C1CCCCCC1. The summed E-state index contributed by atoms with van der Waals surface area (Å²) in [6, 6.07) is 0. The van der Waals surface area contributed by atoms with Gasteiger partial charge >= 0.3 is 0 Å². The molecule has 0 radical (unpaired) electrons. The van der Waals surface area contributed by atoms with E-state index in [0.717, 1.165) is 19.4 Å². The van der Waals surface area contributed by atoms with Crippen LogP contribution >= 0.6 is 0 Å². The first-order valence-electron chi connectivity index (χ1n) is 7.16. The summed E-state index contributed by atoms with van der Waals surface area (Å²) >= 11 is 0. The van der Waals surface area contributed by atoms with Crippen LogP contribution in [0.4, 0.5) is 0 Å². The molecule has 0 aromatic heterocycles. The maximum Gasteiger partial charge on any atom is 0.0599 e. The fraction of sp³-hybridized carbons (Fsp3) is 1.00. The summed E-state index contributed by atoms with van der Waals surface area (Å²) < 4.78 is 5.71. The predicted octanol–water partition coefficient (Wildman–Crippen LogP) is 3.28. The van der Waals surface area contributed by atoms with E-state index in [-0.39, 0.29) is 6.10 Å². The van der Waals surface area contributed by atoms with Gasteiger partial charge < -0.3 is 9.84 Å². The number of hydrogen-bond donors (Lipinski definition) is 1. The summed E-state index contributed by atoms with van der Waals surface area (Å²) in [6.07, 6.45) is 12.6. The van der Waals surface area contributed by atoms with E-state index in [4.69, 9.17) is 4.74 Å². The van der Waals surface area contributed by atoms with Crippen molar-refractivity contribution in [3.05, 3.63) is 0 Å². The number of rotatable bonds is 3. The van der Waals surface area contributed by atoms with Crippen LogP contribution in [0.2, 0.25) is 0 Å². The van der Waals surface area contributed by atoms with Crippen LogP contribution in [-0.2, 0) is 4.74 Å². The predicted molar refractivity (Wildman–Crippen MR) is 65.4 cm³/mol. The molecule has 2 rings (SSSR count). The van der Waals surface area contributed by atoms with E-state index in [1.165, 1.54) is 51.4 Å². The van der Waals surface area contributed by atoms with E-state index in [0.29, 0.717) is 12.0 Å². The van der Waals surface area contributed by atoms with E-state index in [9.17, 15) is 5.11 Å². The fourth-order valence-corrected chi connectivity index (χ4v) is 3.15. The molecule has 0 amide bonds. The molecule has 16 heavy (non-hydrogen) atoms. The maximum atomic E-state index is 10.3. The quantitative estimate of drug-likeness (QED) is 0.748. The van der Waals surface area contributed by atoms with Crippen LogP contribution in [0.1, 0.15) is 64.2 Å². The average molecular weight is 226 g/mol. The van der Waals surface area contributed by atoms with Gasteiger partial charge in [0.15, 0.2) is 0 Å². The van der Waals surface area contributed by atoms with Crippen LogP contribution in [0.5, 0.6) is 0 Å². The number of hydrogen-bond acceptors (Lipinski definition) is 2. The molecular weight excluding hydrogens is 200 g/mol. The molecule has 2 unspecified atom stereocenters. The Kier molecular flexibility index (Phi) is 5.11. The Balaban J connectivity index is 1.74. The largest absolute Gasteiger partial charge is 0.393 e. The van der Waals surface area contributed by atoms with Gasteiger partial charge in [0.1, 0.15) is 0 Å². The van der Waals surface area contributed by atoms with Crippen LogP contribution < -0.4 is 0 Å². The summed E-state index contributed by atoms with van der Waals surface area (Å²) in [5, 5.41) is 10.3. The van der Waals surface area contributed by atoms with Crippen molar-refractivity contribution in [3.63, 3.8) is 0 Å². The van der Waals surface area contributed by atoms with Gasteiger partial charge in [0, 0.05) is 6.61 Å². The van der Waals surface area contributed by atoms with E-state index < -0.39 is 0 Å². The van der Waals surface area contributed by atoms with Crippen LogP contribution in [0.25, 0.3) is 0 Å². The van der Waals surface area contributed by atoms with Crippen molar-refractivity contribution >= 4 is 0 Å². The lowest BCUT2D eigenvalue weighted by atomic mass is 9.89. The molecule has 2 fully saturated rings. The van der Waals surface area contributed by atoms with Gasteiger partial charge in [0.05, 0.1) is 12.2 Å². The molecule has 0 aromatic carbocycles. The highest BCUT2D eigenvalue weighted by Gasteiger charge is 2.25. The number of aliphatic hydroxyl groups excluding tert-OH is 1. The van der Waals surface area contributed by atoms with Gasteiger partial charge in [-0.1, -0.05) is 25.7 Å². The zero-order valence-corrected chi connectivity index (χ0v) is 10.4. The van der Waals surface area contributed by atoms with Gasteiger partial charge in [-0.25, -0.2) is 0 Å². The molecule has 2 aliphatic rings. The van der Waals surface area contributed by atoms with E-state index in [1.807, 2.05) is 0 Å². The minimum atomic E-state index is -0.110. The molecule has 2 heteroatoms. The second-order valence-electron chi connectivity index (χ2n) is 5.54. The van der Waals surface area contributed by atoms with Crippen molar-refractivity contribution in [1.29, 1.82) is 0 Å². The van der Waals surface area contributed by atoms with Gasteiger partial charge in [-0.05, 0) is 44.4 Å². The van der Waals surface area contributed by atoms with E-state index >= 15 is 0 Å². The van der Waals surface area contributed by atoms with Gasteiger partial charge in [0.25, 0.3) is 0 Å². The molecule has 2 atom stereocenters. The molecule has 94 valence electrons. The van der Waals surface area contributed by atoms with Crippen molar-refractivity contribution in [2.24, 2.45) is 5.92 Å². The van der Waals surface area contributed by atoms with Crippen LogP contribution in [0.15, 0.2) is 0 Å². The second kappa shape index (κ2) is 6.61. The molecular formula is C14H26O2. The summed E-state index contributed by atoms with van der Waals surface area (Å²) in [5.41, 5.74) is 0. The molecule has 1 heterocycles. The van der Waals surface area contributed by atoms with E-state index in [2.05, 4.69) is 0 Å². The number of aliphatic hydroxyl groups is 1. The molecule has 2 nitrogen and oxygen atoms in total. The lowest BCUT2D eigenvalue weighted by Crippen LogP contribution is -2.29. The summed E-state index contributed by atoms with van der Waals surface area (Å²) in [7, 11) is 0. The first kappa shape index (κ1) is 12.4. The highest BCUT2D eigenvalue weighted by Crippen LogP contribution is 2.29. The molecule has 1 N–H and O–H groups in total. The molecule has 0 spiro atoms. The monoisotopic (exact) mass is 226 g/mol.